The average molecular weight is 347 g/mol. The summed E-state index contributed by atoms with van der Waals surface area (Å²) in [5.74, 6) is 0.709. The Labute approximate surface area is 137 Å². The number of hydrogen-bond acceptors (Lipinski definition) is 3. The lowest BCUT2D eigenvalue weighted by atomic mass is 10.1. The lowest BCUT2D eigenvalue weighted by Crippen LogP contribution is -2.42. The molecule has 1 aromatic carbocycles. The van der Waals surface area contributed by atoms with Crippen LogP contribution in [0.4, 0.5) is 0 Å². The first kappa shape index (κ1) is 18.7. The molecule has 124 valence electrons. The zero-order valence-electron chi connectivity index (χ0n) is 12.9. The first-order valence-electron chi connectivity index (χ1n) is 7.13. The molecular formula is C14H23ClN4O2S. The molecule has 0 amide bonds. The molecule has 0 heterocycles. The molecule has 0 saturated carbocycles. The molecule has 0 unspecified atom stereocenters. The highest BCUT2D eigenvalue weighted by atomic mass is 35.5. The maximum absolute atomic E-state index is 11.3. The molecule has 0 aliphatic carbocycles. The van der Waals surface area contributed by atoms with Crippen LogP contribution in [0.2, 0.25) is 5.02 Å². The fourth-order valence-corrected chi connectivity index (χ4v) is 2.57. The minimum absolute atomic E-state index is 0.0812. The van der Waals surface area contributed by atoms with E-state index in [0.717, 1.165) is 17.0 Å². The summed E-state index contributed by atoms with van der Waals surface area (Å²) in [5.41, 5.74) is 1.07. The quantitative estimate of drug-likeness (QED) is 0.372. The lowest BCUT2D eigenvalue weighted by Gasteiger charge is -2.12. The largest absolute Gasteiger partial charge is 0.356 e. The van der Waals surface area contributed by atoms with Crippen LogP contribution in [0.1, 0.15) is 12.5 Å². The molecular weight excluding hydrogens is 324 g/mol. The van der Waals surface area contributed by atoms with Gasteiger partial charge in [-0.15, -0.1) is 0 Å². The normalized spacial score (nSPS) is 12.2. The van der Waals surface area contributed by atoms with Crippen molar-refractivity contribution in [3.63, 3.8) is 0 Å². The van der Waals surface area contributed by atoms with E-state index >= 15 is 0 Å². The van der Waals surface area contributed by atoms with Crippen LogP contribution in [-0.4, -0.2) is 46.8 Å². The van der Waals surface area contributed by atoms with Crippen LogP contribution in [-0.2, 0) is 16.4 Å². The summed E-state index contributed by atoms with van der Waals surface area (Å²) in [6.45, 7) is 3.07. The fraction of sp³-hybridized carbons (Fsp3) is 0.500. The van der Waals surface area contributed by atoms with Crippen molar-refractivity contribution < 1.29 is 8.42 Å². The highest BCUT2D eigenvalue weighted by Crippen LogP contribution is 2.14. The lowest BCUT2D eigenvalue weighted by molar-refractivity contribution is 0.582. The van der Waals surface area contributed by atoms with Crippen LogP contribution in [0.3, 0.4) is 0 Å². The minimum Gasteiger partial charge on any atom is -0.356 e. The monoisotopic (exact) mass is 346 g/mol. The Bertz CT molecular complexity index is 590. The first-order chi connectivity index (χ1) is 10.5. The van der Waals surface area contributed by atoms with Crippen LogP contribution in [0.5, 0.6) is 0 Å². The number of benzene rings is 1. The summed E-state index contributed by atoms with van der Waals surface area (Å²) in [6.07, 6.45) is 0.781. The van der Waals surface area contributed by atoms with E-state index in [4.69, 9.17) is 11.6 Å². The zero-order valence-corrected chi connectivity index (χ0v) is 14.5. The maximum atomic E-state index is 11.3. The summed E-state index contributed by atoms with van der Waals surface area (Å²) in [7, 11) is -1.48. The number of hydrogen-bond donors (Lipinski definition) is 3. The molecule has 0 atom stereocenters. The maximum Gasteiger partial charge on any atom is 0.211 e. The Morgan fingerprint density at radius 3 is 2.50 bits per heavy atom. The molecule has 0 radical (unpaired) electrons. The van der Waals surface area contributed by atoms with Gasteiger partial charge in [0.1, 0.15) is 0 Å². The molecule has 8 heteroatoms. The zero-order chi connectivity index (χ0) is 16.4. The molecule has 0 aliphatic heterocycles. The van der Waals surface area contributed by atoms with Crippen molar-refractivity contribution in [2.45, 2.75) is 13.3 Å². The van der Waals surface area contributed by atoms with E-state index < -0.39 is 10.0 Å². The highest BCUT2D eigenvalue weighted by Gasteiger charge is 2.05. The second-order valence-corrected chi connectivity index (χ2v) is 7.07. The number of guanidine groups is 1. The van der Waals surface area contributed by atoms with E-state index in [9.17, 15) is 8.42 Å². The van der Waals surface area contributed by atoms with Gasteiger partial charge in [0.05, 0.1) is 5.75 Å². The highest BCUT2D eigenvalue weighted by molar-refractivity contribution is 7.89. The summed E-state index contributed by atoms with van der Waals surface area (Å²) in [5, 5.41) is 6.96. The van der Waals surface area contributed by atoms with E-state index in [0.29, 0.717) is 25.6 Å². The molecule has 22 heavy (non-hydrogen) atoms. The van der Waals surface area contributed by atoms with Crippen molar-refractivity contribution in [3.8, 4) is 0 Å². The molecule has 0 aromatic heterocycles. The molecule has 0 fully saturated rings. The van der Waals surface area contributed by atoms with Gasteiger partial charge in [0.25, 0.3) is 0 Å². The van der Waals surface area contributed by atoms with Crippen molar-refractivity contribution in [1.82, 2.24) is 15.4 Å². The topological polar surface area (TPSA) is 82.6 Å². The van der Waals surface area contributed by atoms with Crippen molar-refractivity contribution in [2.24, 2.45) is 4.99 Å². The van der Waals surface area contributed by atoms with E-state index in [-0.39, 0.29) is 5.75 Å². The molecule has 1 rings (SSSR count). The summed E-state index contributed by atoms with van der Waals surface area (Å²) in [4.78, 5) is 4.08. The van der Waals surface area contributed by atoms with Gasteiger partial charge in [0.2, 0.25) is 10.0 Å². The average Bonchev–Trinajstić information content (AvgIpc) is 2.51. The molecule has 0 bridgehead atoms. The van der Waals surface area contributed by atoms with E-state index in [1.54, 1.807) is 14.0 Å². The predicted octanol–water partition coefficient (Wildman–Crippen LogP) is 0.987. The Balaban J connectivity index is 2.27. The summed E-state index contributed by atoms with van der Waals surface area (Å²) >= 11 is 6.09. The van der Waals surface area contributed by atoms with Gasteiger partial charge in [-0.1, -0.05) is 29.8 Å². The molecule has 3 N–H and O–H groups in total. The van der Waals surface area contributed by atoms with Crippen molar-refractivity contribution >= 4 is 27.6 Å². The van der Waals surface area contributed by atoms with Crippen molar-refractivity contribution in [2.75, 3.05) is 32.4 Å². The van der Waals surface area contributed by atoms with E-state index in [1.165, 1.54) is 0 Å². The molecule has 6 nitrogen and oxygen atoms in total. The second-order valence-electron chi connectivity index (χ2n) is 4.56. The third-order valence-electron chi connectivity index (χ3n) is 2.99. The fourth-order valence-electron chi connectivity index (χ4n) is 1.73. The number of sulfonamides is 1. The van der Waals surface area contributed by atoms with Crippen molar-refractivity contribution in [1.29, 1.82) is 0 Å². The van der Waals surface area contributed by atoms with E-state index in [1.807, 2.05) is 24.3 Å². The van der Waals surface area contributed by atoms with E-state index in [2.05, 4.69) is 20.3 Å². The van der Waals surface area contributed by atoms with Crippen molar-refractivity contribution in [3.05, 3.63) is 34.9 Å². The minimum atomic E-state index is -3.15. The smallest absolute Gasteiger partial charge is 0.211 e. The number of halogens is 1. The summed E-state index contributed by atoms with van der Waals surface area (Å²) in [6, 6.07) is 7.70. The molecule has 1 aromatic rings. The first-order valence-corrected chi connectivity index (χ1v) is 9.16. The van der Waals surface area contributed by atoms with Gasteiger partial charge in [0, 0.05) is 31.7 Å². The predicted molar refractivity (Wildman–Crippen MR) is 92.0 cm³/mol. The van der Waals surface area contributed by atoms with Gasteiger partial charge >= 0.3 is 0 Å². The standard InChI is InChI=1S/C14H23ClN4O2S/c1-3-22(20,21)19-11-10-18-14(16-2)17-9-8-12-6-4-5-7-13(12)15/h4-7,19H,3,8-11H2,1-2H3,(H2,16,17,18). The van der Waals surface area contributed by atoms with Gasteiger partial charge in [-0.05, 0) is 25.0 Å². The Morgan fingerprint density at radius 2 is 1.86 bits per heavy atom. The van der Waals surface area contributed by atoms with Gasteiger partial charge in [-0.3, -0.25) is 4.99 Å². The third kappa shape index (κ3) is 7.11. The Kier molecular flexibility index (Phi) is 8.22. The molecule has 0 saturated heterocycles. The van der Waals surface area contributed by atoms with Gasteiger partial charge in [-0.25, -0.2) is 13.1 Å². The number of aliphatic imine (C=N–C) groups is 1. The number of rotatable bonds is 8. The van der Waals surface area contributed by atoms with Crippen LogP contribution >= 0.6 is 11.6 Å². The van der Waals surface area contributed by atoms with Crippen LogP contribution in [0, 0.1) is 0 Å². The SMILES string of the molecule is CCS(=O)(=O)NCCNC(=NC)NCCc1ccccc1Cl. The Hall–Kier alpha value is -1.31. The third-order valence-corrected chi connectivity index (χ3v) is 4.76. The Morgan fingerprint density at radius 1 is 1.18 bits per heavy atom. The van der Waals surface area contributed by atoms with Crippen LogP contribution in [0.25, 0.3) is 0 Å². The summed E-state index contributed by atoms with van der Waals surface area (Å²) < 4.78 is 25.0. The number of nitrogens with one attached hydrogen (secondary N) is 3. The van der Waals surface area contributed by atoms with Gasteiger partial charge in [-0.2, -0.15) is 0 Å². The van der Waals surface area contributed by atoms with Crippen LogP contribution in [0.15, 0.2) is 29.3 Å². The van der Waals surface area contributed by atoms with Gasteiger partial charge < -0.3 is 10.6 Å². The van der Waals surface area contributed by atoms with Gasteiger partial charge in [0.15, 0.2) is 5.96 Å². The number of nitrogens with zero attached hydrogens (tertiary/aromatic N) is 1. The molecule has 0 aliphatic rings. The second kappa shape index (κ2) is 9.66. The molecule has 0 spiro atoms. The van der Waals surface area contributed by atoms with Crippen LogP contribution < -0.4 is 15.4 Å².